The van der Waals surface area contributed by atoms with Crippen LogP contribution in [0.25, 0.3) is 84.1 Å². The van der Waals surface area contributed by atoms with Crippen LogP contribution in [0.3, 0.4) is 0 Å². The fourth-order valence-corrected chi connectivity index (χ4v) is 7.41. The van der Waals surface area contributed by atoms with Crippen LogP contribution in [0.5, 0.6) is 0 Å². The molecule has 6 aromatic carbocycles. The van der Waals surface area contributed by atoms with Crippen LogP contribution in [0.4, 0.5) is 0 Å². The summed E-state index contributed by atoms with van der Waals surface area (Å²) in [7, 11) is 0. The normalized spacial score (nSPS) is 11.6. The van der Waals surface area contributed by atoms with E-state index in [1.165, 1.54) is 38.3 Å². The van der Waals surface area contributed by atoms with Gasteiger partial charge in [0, 0.05) is 33.1 Å². The minimum absolute atomic E-state index is 1.06. The predicted molar refractivity (Wildman–Crippen MR) is 233 cm³/mol. The maximum Gasteiger partial charge on any atom is 0.0541 e. The lowest BCUT2D eigenvalue weighted by molar-refractivity contribution is 1.11. The summed E-state index contributed by atoms with van der Waals surface area (Å²) in [5, 5.41) is 3.69. The van der Waals surface area contributed by atoms with Crippen LogP contribution >= 0.6 is 0 Å². The molecular formula is C51H44N2. The number of rotatable bonds is 9. The van der Waals surface area contributed by atoms with Crippen LogP contribution in [-0.4, -0.2) is 9.13 Å². The zero-order valence-electron chi connectivity index (χ0n) is 30.8. The molecule has 2 aromatic heterocycles. The third kappa shape index (κ3) is 6.30. The fourth-order valence-electron chi connectivity index (χ4n) is 7.41. The summed E-state index contributed by atoms with van der Waals surface area (Å²) in [5.41, 5.74) is 14.9. The molecule has 0 saturated carbocycles. The van der Waals surface area contributed by atoms with Crippen molar-refractivity contribution in [3.05, 3.63) is 200 Å². The standard InChI is InChI=1S/C49H38N2.C2H6/c1-5-14-34(7-3)35-20-22-36(23-21-35)37-24-28-41(29-25-37)50-46(8-4)42(15-6-2)44-32-38(26-30-48(44)50)39-27-31-49-45(33-39)43-18-12-13-19-47(43)51(49)40-16-10-9-11-17-40;1-2/h5-33H,1,3-4H2,2H3;1-2H3/b15-6-,34-14+;. The van der Waals surface area contributed by atoms with Gasteiger partial charge in [0.2, 0.25) is 0 Å². The highest BCUT2D eigenvalue weighted by Crippen LogP contribution is 2.38. The summed E-state index contributed by atoms with van der Waals surface area (Å²) in [5.74, 6) is 0. The van der Waals surface area contributed by atoms with E-state index in [9.17, 15) is 0 Å². The van der Waals surface area contributed by atoms with Gasteiger partial charge >= 0.3 is 0 Å². The van der Waals surface area contributed by atoms with E-state index in [-0.39, 0.29) is 0 Å². The molecule has 258 valence electrons. The Morgan fingerprint density at radius 3 is 1.70 bits per heavy atom. The number of hydrogen-bond donors (Lipinski definition) is 0. The van der Waals surface area contributed by atoms with E-state index in [4.69, 9.17) is 0 Å². The summed E-state index contributed by atoms with van der Waals surface area (Å²) >= 11 is 0. The Morgan fingerprint density at radius 2 is 1.08 bits per heavy atom. The lowest BCUT2D eigenvalue weighted by Gasteiger charge is -2.11. The molecule has 53 heavy (non-hydrogen) atoms. The highest BCUT2D eigenvalue weighted by molar-refractivity contribution is 6.10. The summed E-state index contributed by atoms with van der Waals surface area (Å²) in [6.45, 7) is 18.1. The highest BCUT2D eigenvalue weighted by atomic mass is 15.0. The highest BCUT2D eigenvalue weighted by Gasteiger charge is 2.18. The van der Waals surface area contributed by atoms with Crippen LogP contribution in [0, 0.1) is 0 Å². The number of nitrogens with zero attached hydrogens (tertiary/aromatic N) is 2. The van der Waals surface area contributed by atoms with Crippen LogP contribution in [0.1, 0.15) is 37.6 Å². The fraction of sp³-hybridized carbons (Fsp3) is 0.0588. The second-order valence-electron chi connectivity index (χ2n) is 12.7. The van der Waals surface area contributed by atoms with E-state index in [0.29, 0.717) is 0 Å². The first-order valence-electron chi connectivity index (χ1n) is 18.3. The monoisotopic (exact) mass is 684 g/mol. The molecule has 0 unspecified atom stereocenters. The average Bonchev–Trinajstić information content (AvgIpc) is 3.73. The smallest absolute Gasteiger partial charge is 0.0541 e. The Morgan fingerprint density at radius 1 is 0.528 bits per heavy atom. The molecule has 0 fully saturated rings. The number of hydrogen-bond acceptors (Lipinski definition) is 0. The molecule has 2 heterocycles. The number of aromatic nitrogens is 2. The minimum Gasteiger partial charge on any atom is -0.309 e. The molecule has 0 N–H and O–H groups in total. The van der Waals surface area contributed by atoms with Gasteiger partial charge in [-0.25, -0.2) is 0 Å². The van der Waals surface area contributed by atoms with Crippen molar-refractivity contribution >= 4 is 50.4 Å². The number of para-hydroxylation sites is 2. The van der Waals surface area contributed by atoms with Gasteiger partial charge in [0.15, 0.2) is 0 Å². The van der Waals surface area contributed by atoms with Crippen molar-refractivity contribution in [2.75, 3.05) is 0 Å². The third-order valence-electron chi connectivity index (χ3n) is 9.79. The molecule has 2 nitrogen and oxygen atoms in total. The maximum atomic E-state index is 4.26. The summed E-state index contributed by atoms with van der Waals surface area (Å²) in [6, 6.07) is 50.4. The molecule has 0 aliphatic heterocycles. The molecule has 0 saturated heterocycles. The average molecular weight is 685 g/mol. The summed E-state index contributed by atoms with van der Waals surface area (Å²) in [6.07, 6.45) is 11.9. The van der Waals surface area contributed by atoms with Crippen molar-refractivity contribution in [1.29, 1.82) is 0 Å². The summed E-state index contributed by atoms with van der Waals surface area (Å²) in [4.78, 5) is 0. The van der Waals surface area contributed by atoms with Gasteiger partial charge in [-0.2, -0.15) is 0 Å². The molecule has 8 aromatic rings. The van der Waals surface area contributed by atoms with Gasteiger partial charge in [0.25, 0.3) is 0 Å². The molecule has 8 rings (SSSR count). The quantitative estimate of drug-likeness (QED) is 0.134. The zero-order valence-corrected chi connectivity index (χ0v) is 30.8. The number of allylic oxidation sites excluding steroid dienone is 5. The molecule has 0 aliphatic carbocycles. The minimum atomic E-state index is 1.06. The molecule has 0 aliphatic rings. The zero-order chi connectivity index (χ0) is 36.9. The van der Waals surface area contributed by atoms with Gasteiger partial charge in [-0.15, -0.1) is 0 Å². The lowest BCUT2D eigenvalue weighted by atomic mass is 9.99. The van der Waals surface area contributed by atoms with E-state index < -0.39 is 0 Å². The van der Waals surface area contributed by atoms with Gasteiger partial charge in [-0.3, -0.25) is 0 Å². The first kappa shape index (κ1) is 34.8. The largest absolute Gasteiger partial charge is 0.309 e. The second kappa shape index (κ2) is 15.3. The van der Waals surface area contributed by atoms with Crippen LogP contribution in [-0.2, 0) is 0 Å². The number of fused-ring (bicyclic) bond motifs is 4. The van der Waals surface area contributed by atoms with Crippen molar-refractivity contribution in [3.63, 3.8) is 0 Å². The topological polar surface area (TPSA) is 9.86 Å². The first-order valence-corrected chi connectivity index (χ1v) is 18.3. The van der Waals surface area contributed by atoms with Gasteiger partial charge in [0.05, 0.1) is 22.2 Å². The van der Waals surface area contributed by atoms with Crippen LogP contribution < -0.4 is 0 Å². The van der Waals surface area contributed by atoms with Gasteiger partial charge in [-0.05, 0) is 101 Å². The molecule has 0 bridgehead atoms. The van der Waals surface area contributed by atoms with E-state index in [1.807, 2.05) is 32.1 Å². The molecule has 0 radical (unpaired) electrons. The Hall–Kier alpha value is -6.64. The van der Waals surface area contributed by atoms with E-state index in [2.05, 4.69) is 187 Å². The van der Waals surface area contributed by atoms with Crippen molar-refractivity contribution < 1.29 is 0 Å². The lowest BCUT2D eigenvalue weighted by Crippen LogP contribution is -1.97. The Balaban J connectivity index is 0.00000214. The van der Waals surface area contributed by atoms with E-state index in [0.717, 1.165) is 50.4 Å². The van der Waals surface area contributed by atoms with Crippen molar-refractivity contribution in [2.45, 2.75) is 20.8 Å². The van der Waals surface area contributed by atoms with Gasteiger partial charge in [0.1, 0.15) is 0 Å². The Kier molecular flexibility index (Phi) is 10.0. The van der Waals surface area contributed by atoms with Crippen molar-refractivity contribution in [2.24, 2.45) is 0 Å². The van der Waals surface area contributed by atoms with E-state index in [1.54, 1.807) is 6.08 Å². The van der Waals surface area contributed by atoms with Crippen LogP contribution in [0.2, 0.25) is 0 Å². The molecular weight excluding hydrogens is 641 g/mol. The van der Waals surface area contributed by atoms with Crippen molar-refractivity contribution in [3.8, 4) is 33.6 Å². The van der Waals surface area contributed by atoms with Crippen molar-refractivity contribution in [1.82, 2.24) is 9.13 Å². The van der Waals surface area contributed by atoms with Gasteiger partial charge in [-0.1, -0.05) is 149 Å². The maximum absolute atomic E-state index is 4.26. The van der Waals surface area contributed by atoms with Gasteiger partial charge < -0.3 is 9.13 Å². The second-order valence-corrected chi connectivity index (χ2v) is 12.7. The predicted octanol–water partition coefficient (Wildman–Crippen LogP) is 14.5. The first-order chi connectivity index (χ1) is 26.1. The Bertz CT molecular complexity index is 2660. The molecule has 2 heteroatoms. The summed E-state index contributed by atoms with van der Waals surface area (Å²) < 4.78 is 4.68. The van der Waals surface area contributed by atoms with E-state index >= 15 is 0 Å². The Labute approximate surface area is 313 Å². The third-order valence-corrected chi connectivity index (χ3v) is 9.79. The molecule has 0 atom stereocenters. The number of benzene rings is 6. The SMILES string of the molecule is C=C/C=C(\C=C)c1ccc(-c2ccc(-n3c(C=C)c(/C=C\C)c4cc(-c5ccc6c(c5)c5ccccc5n6-c5ccccc5)ccc43)cc2)cc1.CC. The molecule has 0 spiro atoms. The van der Waals surface area contributed by atoms with Crippen LogP contribution in [0.15, 0.2) is 184 Å². The molecule has 0 amide bonds.